The Morgan fingerprint density at radius 3 is 2.38 bits per heavy atom. The van der Waals surface area contributed by atoms with Gasteiger partial charge in [-0.3, -0.25) is 9.98 Å². The van der Waals surface area contributed by atoms with E-state index < -0.39 is 5.54 Å². The first-order valence-electron chi connectivity index (χ1n) is 7.01. The molecule has 0 spiro atoms. The first-order valence-corrected chi connectivity index (χ1v) is 7.01. The lowest BCUT2D eigenvalue weighted by molar-refractivity contribution is 0.446. The molecule has 3 rings (SSSR count). The first-order chi connectivity index (χ1) is 9.99. The number of hydrogen-bond acceptors (Lipinski definition) is 3. The number of aromatic nitrogens is 1. The fraction of sp³-hybridized carbons (Fsp3) is 0.222. The Morgan fingerprint density at radius 1 is 1.00 bits per heavy atom. The van der Waals surface area contributed by atoms with Crippen LogP contribution in [0.25, 0.3) is 5.57 Å². The Balaban J connectivity index is 2.15. The molecule has 0 saturated carbocycles. The van der Waals surface area contributed by atoms with E-state index >= 15 is 0 Å². The molecule has 1 aromatic heterocycles. The summed E-state index contributed by atoms with van der Waals surface area (Å²) in [5, 5.41) is 10.7. The van der Waals surface area contributed by atoms with Gasteiger partial charge in [0, 0.05) is 23.0 Å². The van der Waals surface area contributed by atoms with E-state index in [0.717, 1.165) is 22.4 Å². The van der Waals surface area contributed by atoms with Gasteiger partial charge in [-0.05, 0) is 38.5 Å². The summed E-state index contributed by atoms with van der Waals surface area (Å²) in [7, 11) is 0. The molecular weight excluding hydrogens is 260 g/mol. The molecule has 2 aromatic rings. The van der Waals surface area contributed by atoms with Crippen LogP contribution in [-0.4, -0.2) is 21.3 Å². The van der Waals surface area contributed by atoms with Gasteiger partial charge in [0.05, 0.1) is 5.54 Å². The molecule has 0 atom stereocenters. The number of aliphatic hydroxyl groups is 1. The zero-order valence-electron chi connectivity index (χ0n) is 12.5. The van der Waals surface area contributed by atoms with E-state index in [1.165, 1.54) is 0 Å². The minimum Gasteiger partial charge on any atom is -0.505 e. The third-order valence-corrected chi connectivity index (χ3v) is 3.70. The van der Waals surface area contributed by atoms with E-state index in [1.807, 2.05) is 63.2 Å². The Kier molecular flexibility index (Phi) is 3.13. The molecule has 0 unspecified atom stereocenters. The molecule has 0 aliphatic carbocycles. The van der Waals surface area contributed by atoms with Crippen LogP contribution < -0.4 is 0 Å². The fourth-order valence-electron chi connectivity index (χ4n) is 2.78. The highest BCUT2D eigenvalue weighted by Gasteiger charge is 2.36. The molecule has 0 bridgehead atoms. The van der Waals surface area contributed by atoms with Crippen molar-refractivity contribution < 1.29 is 5.11 Å². The molecule has 0 saturated heterocycles. The Labute approximate surface area is 124 Å². The van der Waals surface area contributed by atoms with Crippen molar-refractivity contribution in [3.05, 3.63) is 71.2 Å². The summed E-state index contributed by atoms with van der Waals surface area (Å²) in [5.74, 6) is 0.261. The van der Waals surface area contributed by atoms with Gasteiger partial charge in [0.1, 0.15) is 11.5 Å². The van der Waals surface area contributed by atoms with Crippen LogP contribution in [0.1, 0.15) is 30.7 Å². The average molecular weight is 278 g/mol. The second-order valence-electron chi connectivity index (χ2n) is 5.79. The maximum atomic E-state index is 10.7. The number of allylic oxidation sites excluding steroid dienone is 1. The van der Waals surface area contributed by atoms with Crippen LogP contribution in [0.3, 0.4) is 0 Å². The summed E-state index contributed by atoms with van der Waals surface area (Å²) in [6.45, 7) is 5.98. The minimum absolute atomic E-state index is 0.261. The lowest BCUT2D eigenvalue weighted by atomic mass is 9.89. The standard InChI is InChI=1S/C18H18N2O/c1-12-11-14(9-10-19-12)15-17(21)16(20-18(15,2)3)13-7-5-4-6-8-13/h4-11,21H,1-3H3. The number of aryl methyl sites for hydroxylation is 1. The van der Waals surface area contributed by atoms with Gasteiger partial charge in [-0.25, -0.2) is 0 Å². The van der Waals surface area contributed by atoms with Gasteiger partial charge < -0.3 is 5.11 Å². The Morgan fingerprint density at radius 2 is 1.71 bits per heavy atom. The summed E-state index contributed by atoms with van der Waals surface area (Å²) in [6, 6.07) is 13.7. The van der Waals surface area contributed by atoms with Gasteiger partial charge in [0.15, 0.2) is 0 Å². The van der Waals surface area contributed by atoms with Gasteiger partial charge in [-0.2, -0.15) is 0 Å². The van der Waals surface area contributed by atoms with Crippen LogP contribution in [0, 0.1) is 6.92 Å². The molecule has 1 N–H and O–H groups in total. The van der Waals surface area contributed by atoms with Crippen molar-refractivity contribution in [2.24, 2.45) is 4.99 Å². The highest BCUT2D eigenvalue weighted by atomic mass is 16.3. The maximum absolute atomic E-state index is 10.7. The van der Waals surface area contributed by atoms with E-state index in [4.69, 9.17) is 4.99 Å². The van der Waals surface area contributed by atoms with Crippen molar-refractivity contribution in [2.45, 2.75) is 26.3 Å². The summed E-state index contributed by atoms with van der Waals surface area (Å²) in [6.07, 6.45) is 1.77. The first kappa shape index (κ1) is 13.6. The van der Waals surface area contributed by atoms with Crippen LogP contribution in [0.5, 0.6) is 0 Å². The molecule has 3 heteroatoms. The molecular formula is C18H18N2O. The predicted molar refractivity (Wildman–Crippen MR) is 85.6 cm³/mol. The SMILES string of the molecule is Cc1cc(C2=C(O)C(c3ccccc3)=NC2(C)C)ccn1. The van der Waals surface area contributed by atoms with Gasteiger partial charge >= 0.3 is 0 Å². The second-order valence-corrected chi connectivity index (χ2v) is 5.79. The largest absolute Gasteiger partial charge is 0.505 e. The highest BCUT2D eigenvalue weighted by Crippen LogP contribution is 2.39. The Bertz CT molecular complexity index is 743. The van der Waals surface area contributed by atoms with Crippen LogP contribution >= 0.6 is 0 Å². The number of hydrogen-bond donors (Lipinski definition) is 1. The van der Waals surface area contributed by atoms with Crippen LogP contribution in [0.2, 0.25) is 0 Å². The fourth-order valence-corrected chi connectivity index (χ4v) is 2.78. The molecule has 0 fully saturated rings. The third-order valence-electron chi connectivity index (χ3n) is 3.70. The van der Waals surface area contributed by atoms with E-state index in [1.54, 1.807) is 6.20 Å². The van der Waals surface area contributed by atoms with Crippen LogP contribution in [0.15, 0.2) is 59.4 Å². The quantitative estimate of drug-likeness (QED) is 0.904. The van der Waals surface area contributed by atoms with E-state index in [0.29, 0.717) is 5.71 Å². The molecule has 1 aromatic carbocycles. The molecule has 106 valence electrons. The predicted octanol–water partition coefficient (Wildman–Crippen LogP) is 3.94. The van der Waals surface area contributed by atoms with Gasteiger partial charge in [-0.1, -0.05) is 30.3 Å². The minimum atomic E-state index is -0.455. The normalized spacial score (nSPS) is 17.0. The number of nitrogens with zero attached hydrogens (tertiary/aromatic N) is 2. The summed E-state index contributed by atoms with van der Waals surface area (Å²) >= 11 is 0. The van der Waals surface area contributed by atoms with Gasteiger partial charge in [0.2, 0.25) is 0 Å². The van der Waals surface area contributed by atoms with E-state index in [-0.39, 0.29) is 5.76 Å². The highest BCUT2D eigenvalue weighted by molar-refractivity contribution is 6.18. The zero-order chi connectivity index (χ0) is 15.0. The Hall–Kier alpha value is -2.42. The topological polar surface area (TPSA) is 45.5 Å². The van der Waals surface area contributed by atoms with Gasteiger partial charge in [0.25, 0.3) is 0 Å². The van der Waals surface area contributed by atoms with Crippen molar-refractivity contribution in [1.29, 1.82) is 0 Å². The van der Waals surface area contributed by atoms with E-state index in [2.05, 4.69) is 4.98 Å². The van der Waals surface area contributed by atoms with Gasteiger partial charge in [-0.15, -0.1) is 0 Å². The molecule has 0 radical (unpaired) electrons. The molecule has 1 aliphatic rings. The monoisotopic (exact) mass is 278 g/mol. The lowest BCUT2D eigenvalue weighted by Gasteiger charge is -2.19. The molecule has 0 amide bonds. The van der Waals surface area contributed by atoms with Crippen molar-refractivity contribution in [3.8, 4) is 0 Å². The zero-order valence-corrected chi connectivity index (χ0v) is 12.5. The molecule has 2 heterocycles. The number of benzene rings is 1. The summed E-state index contributed by atoms with van der Waals surface area (Å²) in [5.41, 5.74) is 3.89. The van der Waals surface area contributed by atoms with Crippen LogP contribution in [-0.2, 0) is 0 Å². The van der Waals surface area contributed by atoms with Crippen molar-refractivity contribution in [3.63, 3.8) is 0 Å². The second kappa shape index (κ2) is 4.85. The van der Waals surface area contributed by atoms with Crippen LogP contribution in [0.4, 0.5) is 0 Å². The summed E-state index contributed by atoms with van der Waals surface area (Å²) < 4.78 is 0. The van der Waals surface area contributed by atoms with E-state index in [9.17, 15) is 5.11 Å². The van der Waals surface area contributed by atoms with Crippen molar-refractivity contribution in [1.82, 2.24) is 4.98 Å². The molecule has 3 nitrogen and oxygen atoms in total. The van der Waals surface area contributed by atoms with Crippen molar-refractivity contribution in [2.75, 3.05) is 0 Å². The molecule has 21 heavy (non-hydrogen) atoms. The third kappa shape index (κ3) is 2.35. The maximum Gasteiger partial charge on any atom is 0.147 e. The van der Waals surface area contributed by atoms with Crippen molar-refractivity contribution >= 4 is 11.3 Å². The molecule has 1 aliphatic heterocycles. The number of pyridine rings is 1. The smallest absolute Gasteiger partial charge is 0.147 e. The number of aliphatic hydroxyl groups excluding tert-OH is 1. The summed E-state index contributed by atoms with van der Waals surface area (Å²) in [4.78, 5) is 8.95. The number of rotatable bonds is 2. The number of aliphatic imine (C=N–C) groups is 1. The average Bonchev–Trinajstić information content (AvgIpc) is 2.69. The lowest BCUT2D eigenvalue weighted by Crippen LogP contribution is -2.16.